The Labute approximate surface area is 109 Å². The average Bonchev–Trinajstić information content (AvgIpc) is 2.17. The molecule has 0 radical (unpaired) electrons. The van der Waals surface area contributed by atoms with Gasteiger partial charge in [-0.05, 0) is 30.9 Å². The van der Waals surface area contributed by atoms with Gasteiger partial charge in [0.1, 0.15) is 11.9 Å². The van der Waals surface area contributed by atoms with Crippen LogP contribution in [0.2, 0.25) is 0 Å². The molecule has 0 saturated carbocycles. The Morgan fingerprint density at radius 1 is 1.39 bits per heavy atom. The first-order chi connectivity index (χ1) is 8.20. The number of rotatable bonds is 4. The lowest BCUT2D eigenvalue weighted by Crippen LogP contribution is -2.20. The van der Waals surface area contributed by atoms with E-state index in [4.69, 9.17) is 9.84 Å². The molecule has 0 fully saturated rings. The predicted molar refractivity (Wildman–Crippen MR) is 72.2 cm³/mol. The molecule has 3 nitrogen and oxygen atoms in total. The molecular weight excluding hydrogens is 228 g/mol. The number of aryl methyl sites for hydroxylation is 1. The van der Waals surface area contributed by atoms with Crippen LogP contribution in [0.3, 0.4) is 0 Å². The number of aliphatic carboxylic acids is 1. The van der Waals surface area contributed by atoms with E-state index in [1.54, 1.807) is 6.92 Å². The molecule has 100 valence electrons. The van der Waals surface area contributed by atoms with E-state index >= 15 is 0 Å². The van der Waals surface area contributed by atoms with Gasteiger partial charge in [-0.1, -0.05) is 38.5 Å². The number of hydrogen-bond acceptors (Lipinski definition) is 2. The zero-order valence-electron chi connectivity index (χ0n) is 11.8. The Morgan fingerprint density at radius 2 is 2.00 bits per heavy atom. The minimum absolute atomic E-state index is 0.0114. The van der Waals surface area contributed by atoms with Gasteiger partial charge < -0.3 is 9.84 Å². The molecule has 0 heterocycles. The summed E-state index contributed by atoms with van der Waals surface area (Å²) >= 11 is 0. The molecule has 0 saturated heterocycles. The monoisotopic (exact) mass is 250 g/mol. The molecule has 1 aromatic rings. The van der Waals surface area contributed by atoms with Gasteiger partial charge in [-0.3, -0.25) is 4.79 Å². The van der Waals surface area contributed by atoms with Crippen LogP contribution in [0, 0.1) is 6.92 Å². The van der Waals surface area contributed by atoms with Gasteiger partial charge in [-0.2, -0.15) is 0 Å². The highest BCUT2D eigenvalue weighted by Crippen LogP contribution is 2.32. The Hall–Kier alpha value is -1.51. The molecule has 0 aliphatic heterocycles. The van der Waals surface area contributed by atoms with Crippen LogP contribution in [0.15, 0.2) is 18.2 Å². The van der Waals surface area contributed by atoms with E-state index < -0.39 is 5.97 Å². The van der Waals surface area contributed by atoms with Crippen molar-refractivity contribution in [2.45, 2.75) is 52.6 Å². The average molecular weight is 250 g/mol. The van der Waals surface area contributed by atoms with Crippen LogP contribution in [-0.4, -0.2) is 17.2 Å². The van der Waals surface area contributed by atoms with Crippen molar-refractivity contribution >= 4 is 5.97 Å². The van der Waals surface area contributed by atoms with Crippen molar-refractivity contribution in [1.82, 2.24) is 0 Å². The first-order valence-electron chi connectivity index (χ1n) is 6.19. The Bertz CT molecular complexity index is 430. The molecule has 0 spiro atoms. The van der Waals surface area contributed by atoms with Crippen LogP contribution in [0.25, 0.3) is 0 Å². The molecular formula is C15H22O3. The van der Waals surface area contributed by atoms with Gasteiger partial charge in [-0.15, -0.1) is 0 Å². The molecule has 18 heavy (non-hydrogen) atoms. The maximum atomic E-state index is 10.7. The van der Waals surface area contributed by atoms with Crippen LogP contribution in [0.1, 0.15) is 45.2 Å². The second-order valence-electron chi connectivity index (χ2n) is 5.78. The summed E-state index contributed by atoms with van der Waals surface area (Å²) in [5, 5.41) is 8.76. The molecule has 1 N–H and O–H groups in total. The first kappa shape index (κ1) is 14.6. The molecule has 0 aliphatic carbocycles. The third kappa shape index (κ3) is 4.06. The lowest BCUT2D eigenvalue weighted by atomic mass is 9.85. The fraction of sp³-hybridized carbons (Fsp3) is 0.533. The highest BCUT2D eigenvalue weighted by atomic mass is 16.5. The number of ether oxygens (including phenoxy) is 1. The van der Waals surface area contributed by atoms with Crippen molar-refractivity contribution in [3.05, 3.63) is 29.3 Å². The number of benzene rings is 1. The van der Waals surface area contributed by atoms with Gasteiger partial charge in [-0.25, -0.2) is 0 Å². The topological polar surface area (TPSA) is 46.5 Å². The van der Waals surface area contributed by atoms with E-state index in [2.05, 4.69) is 26.8 Å². The van der Waals surface area contributed by atoms with E-state index in [9.17, 15) is 4.79 Å². The van der Waals surface area contributed by atoms with Gasteiger partial charge in [0, 0.05) is 0 Å². The number of carboxylic acid groups (broad SMARTS) is 1. The quantitative estimate of drug-likeness (QED) is 0.889. The summed E-state index contributed by atoms with van der Waals surface area (Å²) in [4.78, 5) is 10.7. The second-order valence-corrected chi connectivity index (χ2v) is 5.78. The number of carboxylic acids is 1. The van der Waals surface area contributed by atoms with Gasteiger partial charge in [0.25, 0.3) is 0 Å². The molecule has 0 aliphatic rings. The summed E-state index contributed by atoms with van der Waals surface area (Å²) in [5.74, 6) is -0.0613. The van der Waals surface area contributed by atoms with Crippen molar-refractivity contribution < 1.29 is 14.6 Å². The SMILES string of the molecule is Cc1ccc(O[C@@H](C)CC(=O)O)c(C(C)(C)C)c1. The van der Waals surface area contributed by atoms with Gasteiger partial charge in [0.05, 0.1) is 6.42 Å². The minimum atomic E-state index is -0.841. The van der Waals surface area contributed by atoms with Gasteiger partial charge in [0.2, 0.25) is 0 Å². The Kier molecular flexibility index (Phi) is 4.38. The highest BCUT2D eigenvalue weighted by molar-refractivity contribution is 5.67. The maximum absolute atomic E-state index is 10.7. The number of hydrogen-bond donors (Lipinski definition) is 1. The van der Waals surface area contributed by atoms with Crippen LogP contribution >= 0.6 is 0 Å². The van der Waals surface area contributed by atoms with Crippen LogP contribution in [-0.2, 0) is 10.2 Å². The molecule has 1 aromatic carbocycles. The van der Waals surface area contributed by atoms with Crippen molar-refractivity contribution in [2.24, 2.45) is 0 Å². The molecule has 0 unspecified atom stereocenters. The summed E-state index contributed by atoms with van der Waals surface area (Å²) in [6, 6.07) is 6.01. The van der Waals surface area contributed by atoms with E-state index in [1.807, 2.05) is 19.1 Å². The summed E-state index contributed by atoms with van der Waals surface area (Å²) in [7, 11) is 0. The smallest absolute Gasteiger partial charge is 0.307 e. The molecule has 0 amide bonds. The van der Waals surface area contributed by atoms with Crippen molar-refractivity contribution in [2.75, 3.05) is 0 Å². The molecule has 0 bridgehead atoms. The van der Waals surface area contributed by atoms with Crippen molar-refractivity contribution in [3.8, 4) is 5.75 Å². The van der Waals surface area contributed by atoms with Gasteiger partial charge >= 0.3 is 5.97 Å². The molecule has 1 atom stereocenters. The largest absolute Gasteiger partial charge is 0.490 e. The van der Waals surface area contributed by atoms with Crippen molar-refractivity contribution in [3.63, 3.8) is 0 Å². The normalized spacial score (nSPS) is 13.2. The lowest BCUT2D eigenvalue weighted by molar-refractivity contribution is -0.138. The van der Waals surface area contributed by atoms with Crippen LogP contribution in [0.5, 0.6) is 5.75 Å². The first-order valence-corrected chi connectivity index (χ1v) is 6.19. The highest BCUT2D eigenvalue weighted by Gasteiger charge is 2.20. The molecule has 0 aromatic heterocycles. The summed E-state index contributed by atoms with van der Waals surface area (Å²) in [5.41, 5.74) is 2.27. The van der Waals surface area contributed by atoms with E-state index in [0.29, 0.717) is 0 Å². The van der Waals surface area contributed by atoms with Crippen LogP contribution in [0.4, 0.5) is 0 Å². The lowest BCUT2D eigenvalue weighted by Gasteiger charge is -2.25. The van der Waals surface area contributed by atoms with Crippen LogP contribution < -0.4 is 4.74 Å². The standard InChI is InChI=1S/C15H22O3/c1-10-6-7-13(12(8-10)15(3,4)5)18-11(2)9-14(16)17/h6-8,11H,9H2,1-5H3,(H,16,17)/t11-/m0/s1. The zero-order valence-corrected chi connectivity index (χ0v) is 11.8. The Balaban J connectivity index is 2.98. The van der Waals surface area contributed by atoms with Crippen molar-refractivity contribution in [1.29, 1.82) is 0 Å². The van der Waals surface area contributed by atoms with Gasteiger partial charge in [0.15, 0.2) is 0 Å². The second kappa shape index (κ2) is 5.42. The molecule has 1 rings (SSSR count). The van der Waals surface area contributed by atoms with E-state index in [-0.39, 0.29) is 17.9 Å². The third-order valence-electron chi connectivity index (χ3n) is 2.73. The third-order valence-corrected chi connectivity index (χ3v) is 2.73. The fourth-order valence-corrected chi connectivity index (χ4v) is 1.84. The maximum Gasteiger partial charge on any atom is 0.307 e. The summed E-state index contributed by atoms with van der Waals surface area (Å²) in [6.07, 6.45) is -0.316. The van der Waals surface area contributed by atoms with E-state index in [0.717, 1.165) is 11.3 Å². The molecule has 3 heteroatoms. The zero-order chi connectivity index (χ0) is 13.9. The number of carbonyl (C=O) groups is 1. The van der Waals surface area contributed by atoms with E-state index in [1.165, 1.54) is 5.56 Å². The summed E-state index contributed by atoms with van der Waals surface area (Å²) < 4.78 is 5.76. The summed E-state index contributed by atoms with van der Waals surface area (Å²) in [6.45, 7) is 10.2. The fourth-order valence-electron chi connectivity index (χ4n) is 1.84. The minimum Gasteiger partial charge on any atom is -0.490 e. The Morgan fingerprint density at radius 3 is 2.50 bits per heavy atom. The predicted octanol–water partition coefficient (Wildman–Crippen LogP) is 3.53.